The highest BCUT2D eigenvalue weighted by Gasteiger charge is 2.26. The van der Waals surface area contributed by atoms with Gasteiger partial charge in [-0.25, -0.2) is 0 Å². The van der Waals surface area contributed by atoms with Crippen LogP contribution >= 0.6 is 0 Å². The lowest BCUT2D eigenvalue weighted by atomic mass is 10.1. The van der Waals surface area contributed by atoms with Crippen LogP contribution in [0.4, 0.5) is 0 Å². The van der Waals surface area contributed by atoms with Gasteiger partial charge >= 0.3 is 0 Å². The summed E-state index contributed by atoms with van der Waals surface area (Å²) in [6.45, 7) is 3.20. The van der Waals surface area contributed by atoms with Gasteiger partial charge in [0.25, 0.3) is 5.56 Å². The van der Waals surface area contributed by atoms with Crippen LogP contribution in [0.1, 0.15) is 11.1 Å². The summed E-state index contributed by atoms with van der Waals surface area (Å²) in [6.07, 6.45) is 0.173. The number of ether oxygens (including phenoxy) is 1. The number of hydrogen-bond donors (Lipinski definition) is 0. The zero-order valence-corrected chi connectivity index (χ0v) is 11.5. The number of rotatable bonds is 2. The summed E-state index contributed by atoms with van der Waals surface area (Å²) in [7, 11) is 0. The summed E-state index contributed by atoms with van der Waals surface area (Å²) in [5.41, 5.74) is 3.60. The van der Waals surface area contributed by atoms with Crippen molar-refractivity contribution in [3.63, 3.8) is 0 Å². The maximum atomic E-state index is 12.4. The van der Waals surface area contributed by atoms with Crippen molar-refractivity contribution in [3.05, 3.63) is 51.8 Å². The molecule has 104 valence electrons. The Morgan fingerprint density at radius 1 is 1.38 bits per heavy atom. The summed E-state index contributed by atoms with van der Waals surface area (Å²) in [4.78, 5) is 12.4. The standard InChI is InChI=1S/C16H13N3O2/c1-10-6-15(20)19-14-5-3-2-4-13(14)18(8-11-9-21-11)16(19)12(10)7-17/h2-6,11H,8-9H2,1H3/t11-/m1/s1. The number of benzene rings is 1. The van der Waals surface area contributed by atoms with Gasteiger partial charge in [-0.3, -0.25) is 9.20 Å². The first kappa shape index (κ1) is 12.2. The van der Waals surface area contributed by atoms with E-state index in [0.29, 0.717) is 23.3 Å². The van der Waals surface area contributed by atoms with Crippen molar-refractivity contribution in [1.29, 1.82) is 5.26 Å². The van der Waals surface area contributed by atoms with Crippen molar-refractivity contribution in [1.82, 2.24) is 8.97 Å². The Kier molecular flexibility index (Phi) is 2.44. The molecule has 1 atom stereocenters. The minimum Gasteiger partial charge on any atom is -0.371 e. The molecule has 0 saturated carbocycles. The van der Waals surface area contributed by atoms with Crippen molar-refractivity contribution < 1.29 is 4.74 Å². The molecular formula is C16H13N3O2. The van der Waals surface area contributed by atoms with E-state index in [1.165, 1.54) is 6.07 Å². The number of para-hydroxylation sites is 2. The molecule has 2 aromatic heterocycles. The van der Waals surface area contributed by atoms with Gasteiger partial charge in [0, 0.05) is 6.07 Å². The number of nitrogens with zero attached hydrogens (tertiary/aromatic N) is 3. The monoisotopic (exact) mass is 279 g/mol. The third-order valence-corrected chi connectivity index (χ3v) is 3.96. The maximum Gasteiger partial charge on any atom is 0.257 e. The average Bonchev–Trinajstić information content (AvgIpc) is 3.23. The molecule has 4 rings (SSSR count). The average molecular weight is 279 g/mol. The number of hydrogen-bond acceptors (Lipinski definition) is 3. The Balaban J connectivity index is 2.25. The molecule has 0 bridgehead atoms. The molecule has 5 heteroatoms. The van der Waals surface area contributed by atoms with E-state index in [2.05, 4.69) is 6.07 Å². The summed E-state index contributed by atoms with van der Waals surface area (Å²) in [5, 5.41) is 9.50. The Bertz CT molecular complexity index is 971. The van der Waals surface area contributed by atoms with Gasteiger partial charge in [0.15, 0.2) is 0 Å². The Labute approximate surface area is 120 Å². The number of pyridine rings is 1. The topological polar surface area (TPSA) is 62.7 Å². The predicted molar refractivity (Wildman–Crippen MR) is 78.4 cm³/mol. The van der Waals surface area contributed by atoms with Crippen LogP contribution in [0, 0.1) is 18.3 Å². The molecule has 0 amide bonds. The smallest absolute Gasteiger partial charge is 0.257 e. The lowest BCUT2D eigenvalue weighted by Gasteiger charge is -2.06. The fraction of sp³-hybridized carbons (Fsp3) is 0.250. The lowest BCUT2D eigenvalue weighted by molar-refractivity contribution is 0.387. The number of fused-ring (bicyclic) bond motifs is 3. The molecule has 0 N–H and O–H groups in total. The molecule has 1 aliphatic heterocycles. The fourth-order valence-electron chi connectivity index (χ4n) is 2.90. The van der Waals surface area contributed by atoms with Gasteiger partial charge in [0.2, 0.25) is 0 Å². The van der Waals surface area contributed by atoms with E-state index in [4.69, 9.17) is 4.74 Å². The van der Waals surface area contributed by atoms with Crippen LogP contribution in [0.15, 0.2) is 35.1 Å². The van der Waals surface area contributed by atoms with Gasteiger partial charge in [-0.1, -0.05) is 12.1 Å². The molecule has 3 aromatic rings. The third kappa shape index (κ3) is 1.70. The second-order valence-electron chi connectivity index (χ2n) is 5.37. The first-order valence-corrected chi connectivity index (χ1v) is 6.86. The van der Waals surface area contributed by atoms with E-state index in [9.17, 15) is 10.1 Å². The second kappa shape index (κ2) is 4.21. The highest BCUT2D eigenvalue weighted by atomic mass is 16.6. The fourth-order valence-corrected chi connectivity index (χ4v) is 2.90. The van der Waals surface area contributed by atoms with Crippen LogP contribution < -0.4 is 5.56 Å². The molecule has 1 saturated heterocycles. The van der Waals surface area contributed by atoms with Gasteiger partial charge in [0.05, 0.1) is 35.9 Å². The Morgan fingerprint density at radius 3 is 2.76 bits per heavy atom. The van der Waals surface area contributed by atoms with Crippen molar-refractivity contribution in [3.8, 4) is 6.07 Å². The van der Waals surface area contributed by atoms with E-state index in [-0.39, 0.29) is 11.7 Å². The SMILES string of the molecule is Cc1cc(=O)n2c3ccccc3n(C[C@@H]3CO3)c2c1C#N. The van der Waals surface area contributed by atoms with Gasteiger partial charge in [0.1, 0.15) is 11.7 Å². The number of imidazole rings is 1. The van der Waals surface area contributed by atoms with E-state index < -0.39 is 0 Å². The lowest BCUT2D eigenvalue weighted by Crippen LogP contribution is -2.15. The largest absolute Gasteiger partial charge is 0.371 e. The van der Waals surface area contributed by atoms with Crippen LogP contribution in [-0.4, -0.2) is 21.7 Å². The summed E-state index contributed by atoms with van der Waals surface area (Å²) >= 11 is 0. The quantitative estimate of drug-likeness (QED) is 0.672. The van der Waals surface area contributed by atoms with E-state index in [0.717, 1.165) is 17.6 Å². The molecule has 3 heterocycles. The first-order valence-electron chi connectivity index (χ1n) is 6.86. The number of aryl methyl sites for hydroxylation is 1. The molecule has 0 aliphatic carbocycles. The van der Waals surface area contributed by atoms with E-state index in [1.807, 2.05) is 28.8 Å². The third-order valence-electron chi connectivity index (χ3n) is 3.96. The van der Waals surface area contributed by atoms with Crippen molar-refractivity contribution in [2.75, 3.05) is 6.61 Å². The highest BCUT2D eigenvalue weighted by molar-refractivity contribution is 5.84. The van der Waals surface area contributed by atoms with Crippen LogP contribution in [0.5, 0.6) is 0 Å². The highest BCUT2D eigenvalue weighted by Crippen LogP contribution is 2.25. The number of nitriles is 1. The summed E-state index contributed by atoms with van der Waals surface area (Å²) in [6, 6.07) is 11.5. The number of aromatic nitrogens is 2. The van der Waals surface area contributed by atoms with Crippen LogP contribution in [0.25, 0.3) is 16.7 Å². The van der Waals surface area contributed by atoms with Crippen LogP contribution in [-0.2, 0) is 11.3 Å². The zero-order chi connectivity index (χ0) is 14.6. The predicted octanol–water partition coefficient (Wildman–Crippen LogP) is 1.83. The Hall–Kier alpha value is -2.58. The first-order chi connectivity index (χ1) is 10.2. The summed E-state index contributed by atoms with van der Waals surface area (Å²) < 4.78 is 8.98. The molecule has 0 unspecified atom stereocenters. The minimum absolute atomic E-state index is 0.104. The van der Waals surface area contributed by atoms with E-state index in [1.54, 1.807) is 11.3 Å². The van der Waals surface area contributed by atoms with Gasteiger partial charge < -0.3 is 9.30 Å². The van der Waals surface area contributed by atoms with Gasteiger partial charge in [-0.05, 0) is 24.6 Å². The van der Waals surface area contributed by atoms with E-state index >= 15 is 0 Å². The zero-order valence-electron chi connectivity index (χ0n) is 11.5. The number of epoxide rings is 1. The van der Waals surface area contributed by atoms with Crippen LogP contribution in [0.2, 0.25) is 0 Å². The maximum absolute atomic E-state index is 12.4. The molecule has 1 aromatic carbocycles. The summed E-state index contributed by atoms with van der Waals surface area (Å²) in [5.74, 6) is 0. The molecule has 1 aliphatic rings. The van der Waals surface area contributed by atoms with Gasteiger partial charge in [-0.15, -0.1) is 0 Å². The Morgan fingerprint density at radius 2 is 2.10 bits per heavy atom. The minimum atomic E-state index is -0.104. The second-order valence-corrected chi connectivity index (χ2v) is 5.37. The molecule has 0 radical (unpaired) electrons. The molecule has 0 spiro atoms. The molecule has 5 nitrogen and oxygen atoms in total. The van der Waals surface area contributed by atoms with Crippen molar-refractivity contribution >= 4 is 16.7 Å². The molecule has 1 fully saturated rings. The van der Waals surface area contributed by atoms with Crippen molar-refractivity contribution in [2.24, 2.45) is 0 Å². The molecule has 21 heavy (non-hydrogen) atoms. The van der Waals surface area contributed by atoms with Crippen LogP contribution in [0.3, 0.4) is 0 Å². The van der Waals surface area contributed by atoms with Gasteiger partial charge in [-0.2, -0.15) is 5.26 Å². The molecular weight excluding hydrogens is 266 g/mol. The normalized spacial score (nSPS) is 17.2. The van der Waals surface area contributed by atoms with Crippen molar-refractivity contribution in [2.45, 2.75) is 19.6 Å².